The minimum absolute atomic E-state index is 0.185. The summed E-state index contributed by atoms with van der Waals surface area (Å²) in [6.07, 6.45) is 0. The molecule has 0 fully saturated rings. The molecule has 0 spiro atoms. The molecule has 2 aromatic rings. The fraction of sp³-hybridized carbons (Fsp3) is 0.235. The summed E-state index contributed by atoms with van der Waals surface area (Å²) in [6, 6.07) is 11.8. The number of hydrogen-bond donors (Lipinski definition) is 2. The van der Waals surface area contributed by atoms with Crippen LogP contribution in [0.3, 0.4) is 0 Å². The van der Waals surface area contributed by atoms with Gasteiger partial charge in [-0.3, -0.25) is 4.79 Å². The topological polar surface area (TPSA) is 41.1 Å². The maximum absolute atomic E-state index is 11.7. The Hall–Kier alpha value is -2.00. The summed E-state index contributed by atoms with van der Waals surface area (Å²) in [4.78, 5) is 11.7. The van der Waals surface area contributed by atoms with E-state index >= 15 is 0 Å². The Morgan fingerprint density at radius 2 is 1.76 bits per heavy atom. The van der Waals surface area contributed by atoms with E-state index < -0.39 is 0 Å². The summed E-state index contributed by atoms with van der Waals surface area (Å²) in [5.41, 5.74) is 5.05. The van der Waals surface area contributed by atoms with Gasteiger partial charge in [0.1, 0.15) is 0 Å². The zero-order valence-corrected chi connectivity index (χ0v) is 13.2. The monoisotopic (exact) mass is 302 g/mol. The van der Waals surface area contributed by atoms with Crippen LogP contribution in [0.25, 0.3) is 0 Å². The van der Waals surface area contributed by atoms with Crippen LogP contribution >= 0.6 is 11.6 Å². The Morgan fingerprint density at radius 3 is 2.38 bits per heavy atom. The molecule has 0 saturated heterocycles. The second-order valence-corrected chi connectivity index (χ2v) is 5.53. The number of nitrogens with one attached hydrogen (secondary N) is 2. The maximum Gasteiger partial charge on any atom is 0.252 e. The molecular weight excluding hydrogens is 284 g/mol. The van der Waals surface area contributed by atoms with Gasteiger partial charge in [0.05, 0.1) is 10.6 Å². The second-order valence-electron chi connectivity index (χ2n) is 5.12. The predicted octanol–water partition coefficient (Wildman–Crippen LogP) is 3.93. The first-order chi connectivity index (χ1) is 9.99. The van der Waals surface area contributed by atoms with Gasteiger partial charge in [-0.15, -0.1) is 0 Å². The van der Waals surface area contributed by atoms with Crippen LogP contribution in [0.5, 0.6) is 0 Å². The third-order valence-electron chi connectivity index (χ3n) is 3.22. The third kappa shape index (κ3) is 3.99. The Labute approximate surface area is 130 Å². The van der Waals surface area contributed by atoms with Crippen LogP contribution in [-0.4, -0.2) is 13.0 Å². The van der Waals surface area contributed by atoms with Crippen LogP contribution in [0.2, 0.25) is 5.02 Å². The zero-order chi connectivity index (χ0) is 15.4. The van der Waals surface area contributed by atoms with E-state index in [4.69, 9.17) is 11.6 Å². The van der Waals surface area contributed by atoms with E-state index in [1.54, 1.807) is 19.2 Å². The highest BCUT2D eigenvalue weighted by Crippen LogP contribution is 2.21. The molecule has 0 atom stereocenters. The van der Waals surface area contributed by atoms with E-state index in [2.05, 4.69) is 42.7 Å². The van der Waals surface area contributed by atoms with Crippen molar-refractivity contribution in [2.75, 3.05) is 12.4 Å². The van der Waals surface area contributed by atoms with Crippen LogP contribution in [0.15, 0.2) is 36.4 Å². The molecule has 0 aliphatic carbocycles. The average Bonchev–Trinajstić information content (AvgIpc) is 2.44. The van der Waals surface area contributed by atoms with Gasteiger partial charge in [0.25, 0.3) is 5.91 Å². The van der Waals surface area contributed by atoms with Crippen LogP contribution in [0, 0.1) is 13.8 Å². The molecule has 0 aliphatic rings. The van der Waals surface area contributed by atoms with Crippen molar-refractivity contribution in [1.82, 2.24) is 5.32 Å². The number of amides is 1. The van der Waals surface area contributed by atoms with E-state index in [0.29, 0.717) is 17.1 Å². The molecule has 0 radical (unpaired) electrons. The van der Waals surface area contributed by atoms with E-state index in [0.717, 1.165) is 5.69 Å². The van der Waals surface area contributed by atoms with E-state index in [-0.39, 0.29) is 5.91 Å². The third-order valence-corrected chi connectivity index (χ3v) is 3.55. The Balaban J connectivity index is 2.15. The van der Waals surface area contributed by atoms with Gasteiger partial charge in [0.2, 0.25) is 0 Å². The van der Waals surface area contributed by atoms with Gasteiger partial charge in [-0.1, -0.05) is 40.9 Å². The number of carbonyl (C=O) groups is 1. The zero-order valence-electron chi connectivity index (χ0n) is 12.5. The maximum atomic E-state index is 11.7. The summed E-state index contributed by atoms with van der Waals surface area (Å²) in [7, 11) is 1.59. The molecule has 0 aromatic heterocycles. The highest BCUT2D eigenvalue weighted by molar-refractivity contribution is 6.34. The summed E-state index contributed by atoms with van der Waals surface area (Å²) in [5, 5.41) is 6.36. The molecule has 0 aliphatic heterocycles. The Kier molecular flexibility index (Phi) is 4.86. The van der Waals surface area contributed by atoms with Gasteiger partial charge in [-0.05, 0) is 37.6 Å². The highest BCUT2D eigenvalue weighted by Gasteiger charge is 2.09. The molecule has 2 rings (SSSR count). The lowest BCUT2D eigenvalue weighted by molar-refractivity contribution is 0.0963. The molecule has 3 nitrogen and oxygen atoms in total. The van der Waals surface area contributed by atoms with Crippen molar-refractivity contribution in [2.24, 2.45) is 0 Å². The molecule has 0 heterocycles. The summed E-state index contributed by atoms with van der Waals surface area (Å²) in [6.45, 7) is 4.88. The van der Waals surface area contributed by atoms with Crippen molar-refractivity contribution in [2.45, 2.75) is 20.4 Å². The van der Waals surface area contributed by atoms with Gasteiger partial charge in [0.15, 0.2) is 0 Å². The van der Waals surface area contributed by atoms with Crippen LogP contribution in [-0.2, 0) is 6.54 Å². The van der Waals surface area contributed by atoms with Gasteiger partial charge in [0, 0.05) is 19.3 Å². The van der Waals surface area contributed by atoms with E-state index in [1.807, 2.05) is 6.07 Å². The molecular formula is C17H19ClN2O. The molecule has 0 bridgehead atoms. The standard InChI is InChI=1S/C17H19ClN2O/c1-11-6-12(2)8-13(7-11)10-20-14-4-5-16(18)15(9-14)17(21)19-3/h4-9,20H,10H2,1-3H3,(H,19,21). The van der Waals surface area contributed by atoms with Crippen molar-refractivity contribution < 1.29 is 4.79 Å². The van der Waals surface area contributed by atoms with Crippen molar-refractivity contribution in [3.63, 3.8) is 0 Å². The summed E-state index contributed by atoms with van der Waals surface area (Å²) in [5.74, 6) is -0.185. The van der Waals surface area contributed by atoms with Crippen molar-refractivity contribution in [3.05, 3.63) is 63.7 Å². The van der Waals surface area contributed by atoms with E-state index in [1.165, 1.54) is 16.7 Å². The average molecular weight is 303 g/mol. The van der Waals surface area contributed by atoms with Crippen molar-refractivity contribution >= 4 is 23.2 Å². The van der Waals surface area contributed by atoms with Crippen molar-refractivity contribution in [3.8, 4) is 0 Å². The number of carbonyl (C=O) groups excluding carboxylic acids is 1. The number of benzene rings is 2. The summed E-state index contributed by atoms with van der Waals surface area (Å²) >= 11 is 6.04. The fourth-order valence-corrected chi connectivity index (χ4v) is 2.52. The van der Waals surface area contributed by atoms with Crippen LogP contribution in [0.4, 0.5) is 5.69 Å². The first-order valence-corrected chi connectivity index (χ1v) is 7.20. The Bertz CT molecular complexity index is 648. The molecule has 4 heteroatoms. The number of anilines is 1. The highest BCUT2D eigenvalue weighted by atomic mass is 35.5. The molecule has 1 amide bonds. The van der Waals surface area contributed by atoms with Gasteiger partial charge < -0.3 is 10.6 Å². The minimum atomic E-state index is -0.185. The van der Waals surface area contributed by atoms with Crippen LogP contribution in [0.1, 0.15) is 27.0 Å². The Morgan fingerprint density at radius 1 is 1.10 bits per heavy atom. The number of rotatable bonds is 4. The lowest BCUT2D eigenvalue weighted by Crippen LogP contribution is -2.18. The summed E-state index contributed by atoms with van der Waals surface area (Å²) < 4.78 is 0. The minimum Gasteiger partial charge on any atom is -0.381 e. The van der Waals surface area contributed by atoms with E-state index in [9.17, 15) is 4.79 Å². The molecule has 21 heavy (non-hydrogen) atoms. The predicted molar refractivity (Wildman–Crippen MR) is 88.1 cm³/mol. The second kappa shape index (κ2) is 6.64. The lowest BCUT2D eigenvalue weighted by atomic mass is 10.1. The van der Waals surface area contributed by atoms with Gasteiger partial charge in [-0.2, -0.15) is 0 Å². The first-order valence-electron chi connectivity index (χ1n) is 6.82. The van der Waals surface area contributed by atoms with Gasteiger partial charge >= 0.3 is 0 Å². The fourth-order valence-electron chi connectivity index (χ4n) is 2.32. The normalized spacial score (nSPS) is 10.3. The SMILES string of the molecule is CNC(=O)c1cc(NCc2cc(C)cc(C)c2)ccc1Cl. The lowest BCUT2D eigenvalue weighted by Gasteiger charge is -2.10. The molecule has 2 aromatic carbocycles. The van der Waals surface area contributed by atoms with Crippen molar-refractivity contribution in [1.29, 1.82) is 0 Å². The number of aryl methyl sites for hydroxylation is 2. The van der Waals surface area contributed by atoms with Crippen LogP contribution < -0.4 is 10.6 Å². The first kappa shape index (κ1) is 15.4. The number of hydrogen-bond acceptors (Lipinski definition) is 2. The number of halogens is 1. The molecule has 2 N–H and O–H groups in total. The smallest absolute Gasteiger partial charge is 0.252 e. The molecule has 0 unspecified atom stereocenters. The molecule has 0 saturated carbocycles. The molecule has 110 valence electrons. The largest absolute Gasteiger partial charge is 0.381 e. The quantitative estimate of drug-likeness (QED) is 0.898. The van der Waals surface area contributed by atoms with Gasteiger partial charge in [-0.25, -0.2) is 0 Å².